The molecule has 0 amide bonds. The molecule has 0 spiro atoms. The van der Waals surface area contributed by atoms with Crippen LogP contribution in [0.1, 0.15) is 6.42 Å². The Bertz CT molecular complexity index is 391. The van der Waals surface area contributed by atoms with Gasteiger partial charge in [0, 0.05) is 25.3 Å². The summed E-state index contributed by atoms with van der Waals surface area (Å²) in [5.74, 6) is 0.899. The maximum Gasteiger partial charge on any atom is 0.119 e. The number of hydrogen-bond acceptors (Lipinski definition) is 4. The van der Waals surface area contributed by atoms with E-state index in [1.165, 1.54) is 5.69 Å². The Labute approximate surface area is 109 Å². The summed E-state index contributed by atoms with van der Waals surface area (Å²) < 4.78 is 5.19. The van der Waals surface area contributed by atoms with E-state index in [9.17, 15) is 0 Å². The lowest BCUT2D eigenvalue weighted by molar-refractivity contribution is 0.184. The van der Waals surface area contributed by atoms with Gasteiger partial charge < -0.3 is 20.3 Å². The van der Waals surface area contributed by atoms with E-state index in [0.29, 0.717) is 6.54 Å². The highest BCUT2D eigenvalue weighted by Crippen LogP contribution is 2.30. The first-order chi connectivity index (χ1) is 8.61. The van der Waals surface area contributed by atoms with Gasteiger partial charge in [-0.25, -0.2) is 0 Å². The topological polar surface area (TPSA) is 41.7 Å². The quantitative estimate of drug-likeness (QED) is 0.869. The molecule has 0 aromatic heterocycles. The molecule has 0 radical (unpaired) electrons. The molecule has 2 rings (SSSR count). The molecule has 1 aromatic carbocycles. The van der Waals surface area contributed by atoms with Crippen LogP contribution in [0.5, 0.6) is 5.75 Å². The van der Waals surface area contributed by atoms with E-state index in [2.05, 4.69) is 36.0 Å². The lowest BCUT2D eigenvalue weighted by Gasteiger charge is -2.35. The Hall–Kier alpha value is -1.26. The van der Waals surface area contributed by atoms with Gasteiger partial charge in [0.15, 0.2) is 0 Å². The molecule has 1 aliphatic heterocycles. The van der Waals surface area contributed by atoms with Gasteiger partial charge in [-0.1, -0.05) is 0 Å². The molecule has 0 bridgehead atoms. The van der Waals surface area contributed by atoms with Crippen molar-refractivity contribution in [1.29, 1.82) is 0 Å². The Morgan fingerprint density at radius 3 is 2.44 bits per heavy atom. The summed E-state index contributed by atoms with van der Waals surface area (Å²) >= 11 is 0. The zero-order valence-electron chi connectivity index (χ0n) is 11.5. The Morgan fingerprint density at radius 2 is 2.00 bits per heavy atom. The van der Waals surface area contributed by atoms with Crippen LogP contribution in [-0.4, -0.2) is 51.3 Å². The van der Waals surface area contributed by atoms with Crippen molar-refractivity contribution in [2.75, 3.05) is 45.7 Å². The van der Waals surface area contributed by atoms with Crippen LogP contribution in [0, 0.1) is 0 Å². The minimum absolute atomic E-state index is 0.111. The second-order valence-corrected chi connectivity index (χ2v) is 5.19. The molecule has 1 fully saturated rings. The fraction of sp³-hybridized carbons (Fsp3) is 0.571. The average molecular weight is 249 g/mol. The van der Waals surface area contributed by atoms with E-state index in [0.717, 1.165) is 25.3 Å². The van der Waals surface area contributed by atoms with Gasteiger partial charge in [-0.3, -0.25) is 0 Å². The third-order valence-corrected chi connectivity index (χ3v) is 4.10. The zero-order chi connectivity index (χ0) is 13.2. The molecule has 1 heterocycles. The smallest absolute Gasteiger partial charge is 0.119 e. The van der Waals surface area contributed by atoms with Gasteiger partial charge in [0.1, 0.15) is 5.75 Å². The number of benzene rings is 1. The van der Waals surface area contributed by atoms with E-state index in [4.69, 9.17) is 10.5 Å². The van der Waals surface area contributed by atoms with E-state index in [1.54, 1.807) is 7.11 Å². The van der Waals surface area contributed by atoms with Crippen molar-refractivity contribution in [3.05, 3.63) is 24.3 Å². The van der Waals surface area contributed by atoms with E-state index in [1.807, 2.05) is 12.1 Å². The number of hydrogen-bond donors (Lipinski definition) is 1. The maximum atomic E-state index is 5.97. The van der Waals surface area contributed by atoms with E-state index >= 15 is 0 Å². The Morgan fingerprint density at radius 1 is 1.33 bits per heavy atom. The van der Waals surface area contributed by atoms with Gasteiger partial charge in [-0.15, -0.1) is 0 Å². The maximum absolute atomic E-state index is 5.97. The second-order valence-electron chi connectivity index (χ2n) is 5.19. The summed E-state index contributed by atoms with van der Waals surface area (Å²) in [4.78, 5) is 4.66. The molecule has 0 aliphatic carbocycles. The summed E-state index contributed by atoms with van der Waals surface area (Å²) in [5, 5.41) is 0. The van der Waals surface area contributed by atoms with Crippen LogP contribution >= 0.6 is 0 Å². The molecule has 4 heteroatoms. The third kappa shape index (κ3) is 2.31. The van der Waals surface area contributed by atoms with Crippen LogP contribution in [0.15, 0.2) is 24.3 Å². The number of rotatable bonds is 4. The molecular formula is C14H23N3O. The summed E-state index contributed by atoms with van der Waals surface area (Å²) in [6.45, 7) is 2.75. The standard InChI is InChI=1S/C14H23N3O/c1-16(2)14(10-15)8-9-17(11-14)12-4-6-13(18-3)7-5-12/h4-7H,8-11,15H2,1-3H3. The van der Waals surface area contributed by atoms with Gasteiger partial charge in [-0.2, -0.15) is 0 Å². The Kier molecular flexibility index (Phi) is 3.78. The summed E-state index contributed by atoms with van der Waals surface area (Å²) in [6.07, 6.45) is 1.11. The molecule has 1 aliphatic rings. The number of likely N-dealkylation sites (N-methyl/N-ethyl adjacent to an activating group) is 1. The summed E-state index contributed by atoms with van der Waals surface area (Å²) in [5.41, 5.74) is 7.32. The molecule has 2 N–H and O–H groups in total. The third-order valence-electron chi connectivity index (χ3n) is 4.10. The Balaban J connectivity index is 2.12. The monoisotopic (exact) mass is 249 g/mol. The van der Waals surface area contributed by atoms with Gasteiger partial charge >= 0.3 is 0 Å². The van der Waals surface area contributed by atoms with Crippen LogP contribution in [0.2, 0.25) is 0 Å². The van der Waals surface area contributed by atoms with Crippen LogP contribution in [0.25, 0.3) is 0 Å². The summed E-state index contributed by atoms with van der Waals surface area (Å²) in [7, 11) is 5.92. The number of ether oxygens (including phenoxy) is 1. The van der Waals surface area contributed by atoms with E-state index in [-0.39, 0.29) is 5.54 Å². The summed E-state index contributed by atoms with van der Waals surface area (Å²) in [6, 6.07) is 8.24. The molecule has 1 aromatic rings. The lowest BCUT2D eigenvalue weighted by Crippen LogP contribution is -2.52. The predicted molar refractivity (Wildman–Crippen MR) is 75.3 cm³/mol. The van der Waals surface area contributed by atoms with E-state index < -0.39 is 0 Å². The zero-order valence-corrected chi connectivity index (χ0v) is 11.5. The molecule has 100 valence electrons. The molecule has 18 heavy (non-hydrogen) atoms. The largest absolute Gasteiger partial charge is 0.497 e. The van der Waals surface area contributed by atoms with Crippen molar-refractivity contribution in [2.45, 2.75) is 12.0 Å². The van der Waals surface area contributed by atoms with Crippen LogP contribution in [0.3, 0.4) is 0 Å². The highest BCUT2D eigenvalue weighted by molar-refractivity contribution is 5.50. The fourth-order valence-electron chi connectivity index (χ4n) is 2.58. The average Bonchev–Trinajstić information content (AvgIpc) is 2.84. The first kappa shape index (κ1) is 13.2. The molecule has 1 atom stereocenters. The fourth-order valence-corrected chi connectivity index (χ4v) is 2.58. The van der Waals surface area contributed by atoms with Gasteiger partial charge in [0.2, 0.25) is 0 Å². The molecule has 4 nitrogen and oxygen atoms in total. The minimum atomic E-state index is 0.111. The van der Waals surface area contributed by atoms with Crippen molar-refractivity contribution < 1.29 is 4.74 Å². The molecular weight excluding hydrogens is 226 g/mol. The van der Waals surface area contributed by atoms with Crippen molar-refractivity contribution in [3.63, 3.8) is 0 Å². The van der Waals surface area contributed by atoms with Crippen LogP contribution in [0.4, 0.5) is 5.69 Å². The number of nitrogens with zero attached hydrogens (tertiary/aromatic N) is 2. The van der Waals surface area contributed by atoms with Crippen molar-refractivity contribution >= 4 is 5.69 Å². The first-order valence-electron chi connectivity index (χ1n) is 6.38. The highest BCUT2D eigenvalue weighted by atomic mass is 16.5. The number of nitrogens with two attached hydrogens (primary N) is 1. The van der Waals surface area contributed by atoms with Crippen molar-refractivity contribution in [2.24, 2.45) is 5.73 Å². The van der Waals surface area contributed by atoms with Gasteiger partial charge in [-0.05, 0) is 44.8 Å². The second kappa shape index (κ2) is 5.16. The van der Waals surface area contributed by atoms with Crippen molar-refractivity contribution in [1.82, 2.24) is 4.90 Å². The molecule has 1 saturated heterocycles. The van der Waals surface area contributed by atoms with Crippen molar-refractivity contribution in [3.8, 4) is 5.75 Å². The van der Waals surface area contributed by atoms with Crippen LogP contribution < -0.4 is 15.4 Å². The number of methoxy groups -OCH3 is 1. The highest BCUT2D eigenvalue weighted by Gasteiger charge is 2.38. The first-order valence-corrected chi connectivity index (χ1v) is 6.38. The number of anilines is 1. The van der Waals surface area contributed by atoms with Gasteiger partial charge in [0.25, 0.3) is 0 Å². The molecule has 0 saturated carbocycles. The minimum Gasteiger partial charge on any atom is -0.497 e. The lowest BCUT2D eigenvalue weighted by atomic mass is 9.97. The van der Waals surface area contributed by atoms with Gasteiger partial charge in [0.05, 0.1) is 12.6 Å². The predicted octanol–water partition coefficient (Wildman–Crippen LogP) is 1.16. The normalized spacial score (nSPS) is 23.7. The SMILES string of the molecule is COc1ccc(N2CCC(CN)(N(C)C)C2)cc1. The molecule has 1 unspecified atom stereocenters. The van der Waals surface area contributed by atoms with Crippen LogP contribution in [-0.2, 0) is 0 Å².